The van der Waals surface area contributed by atoms with Crippen LogP contribution in [0, 0.1) is 10.1 Å². The van der Waals surface area contributed by atoms with Crippen molar-refractivity contribution >= 4 is 44.6 Å². The molecule has 1 amide bonds. The highest BCUT2D eigenvalue weighted by Crippen LogP contribution is 2.24. The summed E-state index contributed by atoms with van der Waals surface area (Å²) in [7, 11) is -3.79. The van der Waals surface area contributed by atoms with Crippen LogP contribution in [0.1, 0.15) is 10.4 Å². The van der Waals surface area contributed by atoms with Crippen LogP contribution in [0.15, 0.2) is 77.7 Å². The minimum Gasteiger partial charge on any atom is -0.322 e. The highest BCUT2D eigenvalue weighted by Gasteiger charge is 2.17. The molecule has 0 aliphatic carbocycles. The van der Waals surface area contributed by atoms with Crippen molar-refractivity contribution in [1.29, 1.82) is 0 Å². The molecule has 0 bridgehead atoms. The second-order valence-electron chi connectivity index (χ2n) is 5.87. The number of non-ortho nitro benzene ring substituents is 1. The molecule has 8 nitrogen and oxygen atoms in total. The number of rotatable bonds is 6. The van der Waals surface area contributed by atoms with Gasteiger partial charge in [0, 0.05) is 23.5 Å². The average Bonchev–Trinajstić information content (AvgIpc) is 2.69. The second-order valence-corrected chi connectivity index (χ2v) is 7.96. The van der Waals surface area contributed by atoms with E-state index in [9.17, 15) is 23.3 Å². The zero-order chi connectivity index (χ0) is 21.0. The van der Waals surface area contributed by atoms with Gasteiger partial charge in [-0.2, -0.15) is 0 Å². The van der Waals surface area contributed by atoms with Crippen molar-refractivity contribution in [2.45, 2.75) is 4.90 Å². The standard InChI is InChI=1S/C19H14ClN3O5S/c20-18-11-8-15(23(25)26)12-17(18)19(24)21-13-6-9-16(10-7-13)29(27,28)22-14-4-2-1-3-5-14/h1-12,22H,(H,21,24). The lowest BCUT2D eigenvalue weighted by atomic mass is 10.2. The van der Waals surface area contributed by atoms with Gasteiger partial charge in [0.25, 0.3) is 21.6 Å². The Balaban J connectivity index is 1.76. The van der Waals surface area contributed by atoms with Gasteiger partial charge in [-0.05, 0) is 42.5 Å². The lowest BCUT2D eigenvalue weighted by molar-refractivity contribution is -0.384. The summed E-state index contributed by atoms with van der Waals surface area (Å²) in [6, 6.07) is 17.4. The SMILES string of the molecule is O=C(Nc1ccc(S(=O)(=O)Nc2ccccc2)cc1)c1cc([N+](=O)[O-])ccc1Cl. The molecule has 0 unspecified atom stereocenters. The first-order chi connectivity index (χ1) is 13.8. The van der Waals surface area contributed by atoms with Crippen LogP contribution in [0.5, 0.6) is 0 Å². The van der Waals surface area contributed by atoms with Crippen molar-refractivity contribution < 1.29 is 18.1 Å². The lowest BCUT2D eigenvalue weighted by Gasteiger charge is -2.10. The number of hydrogen-bond acceptors (Lipinski definition) is 5. The molecule has 0 fully saturated rings. The van der Waals surface area contributed by atoms with Crippen molar-refractivity contribution in [2.24, 2.45) is 0 Å². The smallest absolute Gasteiger partial charge is 0.270 e. The predicted octanol–water partition coefficient (Wildman–Crippen LogP) is 4.30. The summed E-state index contributed by atoms with van der Waals surface area (Å²) in [5, 5.41) is 13.5. The summed E-state index contributed by atoms with van der Waals surface area (Å²) in [4.78, 5) is 22.6. The van der Waals surface area contributed by atoms with E-state index in [0.717, 1.165) is 6.07 Å². The van der Waals surface area contributed by atoms with E-state index in [0.29, 0.717) is 11.4 Å². The predicted molar refractivity (Wildman–Crippen MR) is 110 cm³/mol. The molecule has 148 valence electrons. The molecule has 10 heteroatoms. The fraction of sp³-hybridized carbons (Fsp3) is 0. The van der Waals surface area contributed by atoms with E-state index in [-0.39, 0.29) is 21.2 Å². The summed E-state index contributed by atoms with van der Waals surface area (Å²) in [5.41, 5.74) is 0.387. The van der Waals surface area contributed by atoms with Gasteiger partial charge >= 0.3 is 0 Å². The molecule has 3 aromatic carbocycles. The Hall–Kier alpha value is -3.43. The van der Waals surface area contributed by atoms with E-state index in [1.807, 2.05) is 0 Å². The van der Waals surface area contributed by atoms with E-state index in [2.05, 4.69) is 10.0 Å². The number of anilines is 2. The number of nitro groups is 1. The van der Waals surface area contributed by atoms with Crippen molar-refractivity contribution in [1.82, 2.24) is 0 Å². The molecule has 0 aliphatic heterocycles. The minimum atomic E-state index is -3.79. The monoisotopic (exact) mass is 431 g/mol. The van der Waals surface area contributed by atoms with E-state index >= 15 is 0 Å². The number of carbonyl (C=O) groups excluding carboxylic acids is 1. The molecular formula is C19H14ClN3O5S. The molecule has 3 rings (SSSR count). The Kier molecular flexibility index (Phi) is 5.81. The van der Waals surface area contributed by atoms with Gasteiger partial charge in [-0.15, -0.1) is 0 Å². The maximum absolute atomic E-state index is 12.4. The third kappa shape index (κ3) is 4.89. The minimum absolute atomic E-state index is 0.00716. The van der Waals surface area contributed by atoms with Crippen molar-refractivity contribution in [3.63, 3.8) is 0 Å². The Labute approximate surface area is 171 Å². The molecule has 0 saturated heterocycles. The van der Waals surface area contributed by atoms with Gasteiger partial charge in [-0.25, -0.2) is 8.42 Å². The van der Waals surface area contributed by atoms with Gasteiger partial charge < -0.3 is 5.32 Å². The number of carbonyl (C=O) groups is 1. The van der Waals surface area contributed by atoms with Gasteiger partial charge in [0.05, 0.1) is 20.4 Å². The molecule has 3 aromatic rings. The van der Waals surface area contributed by atoms with Gasteiger partial charge in [0.15, 0.2) is 0 Å². The summed E-state index contributed by atoms with van der Waals surface area (Å²) < 4.78 is 27.3. The average molecular weight is 432 g/mol. The first-order valence-corrected chi connectivity index (χ1v) is 10.1. The Morgan fingerprint density at radius 1 is 0.931 bits per heavy atom. The Bertz CT molecular complexity index is 1170. The zero-order valence-corrected chi connectivity index (χ0v) is 16.3. The number of nitrogens with one attached hydrogen (secondary N) is 2. The summed E-state index contributed by atoms with van der Waals surface area (Å²) in [6.45, 7) is 0. The van der Waals surface area contributed by atoms with E-state index < -0.39 is 20.9 Å². The quantitative estimate of drug-likeness (QED) is 0.445. The molecule has 0 radical (unpaired) electrons. The fourth-order valence-electron chi connectivity index (χ4n) is 2.44. The molecule has 0 spiro atoms. The first kappa shape index (κ1) is 20.3. The number of para-hydroxylation sites is 1. The number of amides is 1. The van der Waals surface area contributed by atoms with Crippen LogP contribution >= 0.6 is 11.6 Å². The second kappa shape index (κ2) is 8.29. The lowest BCUT2D eigenvalue weighted by Crippen LogP contribution is -2.14. The fourth-order valence-corrected chi connectivity index (χ4v) is 3.70. The van der Waals surface area contributed by atoms with Crippen LogP contribution in [0.4, 0.5) is 17.1 Å². The van der Waals surface area contributed by atoms with Crippen LogP contribution in [0.3, 0.4) is 0 Å². The molecular weight excluding hydrogens is 418 g/mol. The van der Waals surface area contributed by atoms with Crippen LogP contribution in [0.25, 0.3) is 0 Å². The number of sulfonamides is 1. The summed E-state index contributed by atoms with van der Waals surface area (Å²) in [5.74, 6) is -0.656. The van der Waals surface area contributed by atoms with Crippen LogP contribution < -0.4 is 10.0 Å². The molecule has 2 N–H and O–H groups in total. The molecule has 0 aromatic heterocycles. The molecule has 0 saturated carbocycles. The van der Waals surface area contributed by atoms with Crippen LogP contribution in [0.2, 0.25) is 5.02 Å². The maximum atomic E-state index is 12.4. The van der Waals surface area contributed by atoms with E-state index in [1.165, 1.54) is 36.4 Å². The number of benzene rings is 3. The van der Waals surface area contributed by atoms with E-state index in [1.54, 1.807) is 30.3 Å². The Morgan fingerprint density at radius 2 is 1.59 bits per heavy atom. The van der Waals surface area contributed by atoms with Gasteiger partial charge in [0.1, 0.15) is 0 Å². The number of nitro benzene ring substituents is 1. The van der Waals surface area contributed by atoms with Crippen LogP contribution in [-0.4, -0.2) is 19.2 Å². The van der Waals surface area contributed by atoms with Crippen molar-refractivity contribution in [3.8, 4) is 0 Å². The van der Waals surface area contributed by atoms with Crippen LogP contribution in [-0.2, 0) is 10.0 Å². The third-order valence-corrected chi connectivity index (χ3v) is 5.58. The van der Waals surface area contributed by atoms with Gasteiger partial charge in [-0.1, -0.05) is 29.8 Å². The number of halogens is 1. The third-order valence-electron chi connectivity index (χ3n) is 3.85. The topological polar surface area (TPSA) is 118 Å². The molecule has 0 heterocycles. The number of nitrogens with zero attached hydrogens (tertiary/aromatic N) is 1. The number of hydrogen-bond donors (Lipinski definition) is 2. The summed E-state index contributed by atoms with van der Waals surface area (Å²) >= 11 is 5.95. The zero-order valence-electron chi connectivity index (χ0n) is 14.7. The van der Waals surface area contributed by atoms with E-state index in [4.69, 9.17) is 11.6 Å². The molecule has 29 heavy (non-hydrogen) atoms. The Morgan fingerprint density at radius 3 is 2.21 bits per heavy atom. The molecule has 0 aliphatic rings. The van der Waals surface area contributed by atoms with Crippen molar-refractivity contribution in [3.05, 3.63) is 93.5 Å². The highest BCUT2D eigenvalue weighted by molar-refractivity contribution is 7.92. The highest BCUT2D eigenvalue weighted by atomic mass is 35.5. The summed E-state index contributed by atoms with van der Waals surface area (Å²) in [6.07, 6.45) is 0. The normalized spacial score (nSPS) is 10.9. The maximum Gasteiger partial charge on any atom is 0.270 e. The largest absolute Gasteiger partial charge is 0.322 e. The van der Waals surface area contributed by atoms with Gasteiger partial charge in [-0.3, -0.25) is 19.6 Å². The van der Waals surface area contributed by atoms with Gasteiger partial charge in [0.2, 0.25) is 0 Å². The molecule has 0 atom stereocenters. The first-order valence-electron chi connectivity index (χ1n) is 8.19. The van der Waals surface area contributed by atoms with Crippen molar-refractivity contribution in [2.75, 3.05) is 10.0 Å².